The average Bonchev–Trinajstić information content (AvgIpc) is 2.98. The molecule has 3 heteroatoms. The van der Waals surface area contributed by atoms with Crippen LogP contribution in [0.25, 0.3) is 6.08 Å². The number of hydrogen-bond acceptors (Lipinski definition) is 3. The van der Waals surface area contributed by atoms with Gasteiger partial charge in [0.1, 0.15) is 5.75 Å². The molecular weight excluding hydrogens is 286 g/mol. The minimum atomic E-state index is 0.440. The number of fused-ring (bicyclic) bond motifs is 1. The Hall–Kier alpha value is -2.26. The maximum Gasteiger partial charge on any atom is 0.118 e. The van der Waals surface area contributed by atoms with Crippen LogP contribution in [0.4, 0.5) is 0 Å². The smallest absolute Gasteiger partial charge is 0.118 e. The molecule has 2 N–H and O–H groups in total. The number of benzene rings is 2. The van der Waals surface area contributed by atoms with Gasteiger partial charge in [-0.3, -0.25) is 0 Å². The van der Waals surface area contributed by atoms with E-state index in [0.29, 0.717) is 6.04 Å². The average molecular weight is 309 g/mol. The van der Waals surface area contributed by atoms with Crippen LogP contribution in [0.3, 0.4) is 0 Å². The summed E-state index contributed by atoms with van der Waals surface area (Å²) in [6, 6.07) is 15.1. The normalized spacial score (nSPS) is 16.7. The first-order valence-corrected chi connectivity index (χ1v) is 8.10. The molecule has 0 saturated carbocycles. The van der Waals surface area contributed by atoms with E-state index in [1.807, 2.05) is 12.1 Å². The molecule has 1 aliphatic carbocycles. The molecule has 120 valence electrons. The van der Waals surface area contributed by atoms with Crippen LogP contribution in [-0.4, -0.2) is 18.8 Å². The van der Waals surface area contributed by atoms with Gasteiger partial charge in [-0.2, -0.15) is 0 Å². The Balaban J connectivity index is 1.56. The minimum absolute atomic E-state index is 0.440. The van der Waals surface area contributed by atoms with E-state index in [2.05, 4.69) is 35.6 Å². The van der Waals surface area contributed by atoms with Crippen molar-refractivity contribution in [1.82, 2.24) is 5.32 Å². The van der Waals surface area contributed by atoms with Crippen molar-refractivity contribution in [2.45, 2.75) is 25.3 Å². The van der Waals surface area contributed by atoms with Crippen molar-refractivity contribution in [3.63, 3.8) is 0 Å². The highest BCUT2D eigenvalue weighted by atomic mass is 16.5. The fourth-order valence-corrected chi connectivity index (χ4v) is 3.22. The first-order chi connectivity index (χ1) is 11.3. The quantitative estimate of drug-likeness (QED) is 0.791. The summed E-state index contributed by atoms with van der Waals surface area (Å²) in [4.78, 5) is 0. The van der Waals surface area contributed by atoms with E-state index in [0.717, 1.165) is 43.4 Å². The Kier molecular flexibility index (Phi) is 4.99. The summed E-state index contributed by atoms with van der Waals surface area (Å²) >= 11 is 0. The molecule has 3 rings (SSSR count). The van der Waals surface area contributed by atoms with E-state index in [1.165, 1.54) is 16.7 Å². The van der Waals surface area contributed by atoms with Crippen LogP contribution in [0.5, 0.6) is 5.75 Å². The topological polar surface area (TPSA) is 41.5 Å². The second kappa shape index (κ2) is 7.34. The lowest BCUT2D eigenvalue weighted by molar-refractivity contribution is 0.414. The van der Waals surface area contributed by atoms with Crippen LogP contribution < -0.4 is 10.1 Å². The van der Waals surface area contributed by atoms with Crippen molar-refractivity contribution in [2.75, 3.05) is 13.7 Å². The maximum atomic E-state index is 8.88. The van der Waals surface area contributed by atoms with Gasteiger partial charge in [-0.15, -0.1) is 0 Å². The molecular formula is C20H23NO2. The van der Waals surface area contributed by atoms with E-state index in [9.17, 15) is 0 Å². The lowest BCUT2D eigenvalue weighted by atomic mass is 10.0. The molecule has 2 aromatic rings. The molecule has 0 heterocycles. The van der Waals surface area contributed by atoms with Gasteiger partial charge in [0, 0.05) is 6.04 Å². The number of ether oxygens (including phenoxy) is 1. The molecule has 0 aliphatic heterocycles. The maximum absolute atomic E-state index is 8.88. The first-order valence-electron chi connectivity index (χ1n) is 8.10. The van der Waals surface area contributed by atoms with Gasteiger partial charge in [-0.1, -0.05) is 30.3 Å². The van der Waals surface area contributed by atoms with E-state index in [1.54, 1.807) is 13.2 Å². The second-order valence-electron chi connectivity index (χ2n) is 5.92. The molecule has 0 radical (unpaired) electrons. The first kappa shape index (κ1) is 15.6. The molecule has 2 aromatic carbocycles. The summed E-state index contributed by atoms with van der Waals surface area (Å²) in [5, 5.41) is 12.5. The molecule has 3 nitrogen and oxygen atoms in total. The van der Waals surface area contributed by atoms with E-state index in [4.69, 9.17) is 9.84 Å². The van der Waals surface area contributed by atoms with Crippen molar-refractivity contribution in [2.24, 2.45) is 0 Å². The second-order valence-corrected chi connectivity index (χ2v) is 5.92. The van der Waals surface area contributed by atoms with Gasteiger partial charge >= 0.3 is 0 Å². The number of rotatable bonds is 6. The summed E-state index contributed by atoms with van der Waals surface area (Å²) in [5.41, 5.74) is 5.17. The highest BCUT2D eigenvalue weighted by Gasteiger charge is 2.21. The number of aliphatic hydroxyl groups is 1. The minimum Gasteiger partial charge on any atom is -0.516 e. The number of nitrogens with one attached hydrogen (secondary N) is 1. The van der Waals surface area contributed by atoms with Crippen LogP contribution in [-0.2, 0) is 12.8 Å². The van der Waals surface area contributed by atoms with Gasteiger partial charge in [0.2, 0.25) is 0 Å². The van der Waals surface area contributed by atoms with Crippen molar-refractivity contribution < 1.29 is 9.84 Å². The molecule has 23 heavy (non-hydrogen) atoms. The Bertz CT molecular complexity index is 677. The van der Waals surface area contributed by atoms with Crippen LogP contribution in [0.1, 0.15) is 34.7 Å². The highest BCUT2D eigenvalue weighted by molar-refractivity contribution is 5.52. The van der Waals surface area contributed by atoms with Crippen molar-refractivity contribution >= 4 is 6.08 Å². The zero-order chi connectivity index (χ0) is 16.1. The lowest BCUT2D eigenvalue weighted by Crippen LogP contribution is -2.21. The molecule has 0 spiro atoms. The fraction of sp³-hybridized carbons (Fsp3) is 0.300. The number of aliphatic hydroxyl groups excluding tert-OH is 1. The summed E-state index contributed by atoms with van der Waals surface area (Å²) in [7, 11) is 1.69. The standard InChI is InChI=1S/C20H23NO2/c1-23-18-6-2-15(3-7-18)10-12-21-20-9-5-17-14-16(11-13-22)4-8-19(17)20/h2-4,6-8,11,13-14,20-22H,5,9-10,12H2,1H3/b13-11+. The zero-order valence-corrected chi connectivity index (χ0v) is 13.5. The van der Waals surface area contributed by atoms with Crippen molar-refractivity contribution in [1.29, 1.82) is 0 Å². The monoisotopic (exact) mass is 309 g/mol. The van der Waals surface area contributed by atoms with Crippen molar-refractivity contribution in [3.05, 3.63) is 71.0 Å². The molecule has 0 amide bonds. The highest BCUT2D eigenvalue weighted by Crippen LogP contribution is 2.32. The molecule has 0 saturated heterocycles. The molecule has 1 atom stereocenters. The predicted molar refractivity (Wildman–Crippen MR) is 93.9 cm³/mol. The van der Waals surface area contributed by atoms with E-state index in [-0.39, 0.29) is 0 Å². The predicted octanol–water partition coefficient (Wildman–Crippen LogP) is 4.04. The number of methoxy groups -OCH3 is 1. The summed E-state index contributed by atoms with van der Waals surface area (Å²) in [6.45, 7) is 0.967. The third-order valence-electron chi connectivity index (χ3n) is 4.48. The van der Waals surface area contributed by atoms with Crippen LogP contribution in [0.15, 0.2) is 48.7 Å². The molecule has 1 unspecified atom stereocenters. The summed E-state index contributed by atoms with van der Waals surface area (Å²) in [5.74, 6) is 0.902. The Morgan fingerprint density at radius 3 is 2.78 bits per heavy atom. The molecule has 0 fully saturated rings. The Morgan fingerprint density at radius 1 is 1.22 bits per heavy atom. The van der Waals surface area contributed by atoms with Crippen LogP contribution in [0.2, 0.25) is 0 Å². The number of hydrogen-bond donors (Lipinski definition) is 2. The summed E-state index contributed by atoms with van der Waals surface area (Å²) in [6.07, 6.45) is 6.08. The molecule has 0 aromatic heterocycles. The largest absolute Gasteiger partial charge is 0.516 e. The van der Waals surface area contributed by atoms with Gasteiger partial charge in [0.25, 0.3) is 0 Å². The number of aryl methyl sites for hydroxylation is 1. The Labute approximate surface area is 137 Å². The third kappa shape index (κ3) is 3.74. The van der Waals surface area contributed by atoms with Gasteiger partial charge in [0.15, 0.2) is 0 Å². The zero-order valence-electron chi connectivity index (χ0n) is 13.5. The van der Waals surface area contributed by atoms with Gasteiger partial charge in [0.05, 0.1) is 13.4 Å². The molecule has 1 aliphatic rings. The van der Waals surface area contributed by atoms with Crippen LogP contribution >= 0.6 is 0 Å². The SMILES string of the molecule is COc1ccc(CCNC2CCc3cc(/C=C/O)ccc32)cc1. The van der Waals surface area contributed by atoms with E-state index < -0.39 is 0 Å². The van der Waals surface area contributed by atoms with Gasteiger partial charge in [-0.05, 0) is 66.3 Å². The van der Waals surface area contributed by atoms with E-state index >= 15 is 0 Å². The lowest BCUT2D eigenvalue weighted by Gasteiger charge is -2.14. The summed E-state index contributed by atoms with van der Waals surface area (Å²) < 4.78 is 5.18. The van der Waals surface area contributed by atoms with Gasteiger partial charge < -0.3 is 15.2 Å². The molecule has 0 bridgehead atoms. The van der Waals surface area contributed by atoms with Crippen LogP contribution in [0, 0.1) is 0 Å². The third-order valence-corrected chi connectivity index (χ3v) is 4.48. The van der Waals surface area contributed by atoms with Gasteiger partial charge in [-0.25, -0.2) is 0 Å². The Morgan fingerprint density at radius 2 is 2.04 bits per heavy atom. The van der Waals surface area contributed by atoms with Crippen molar-refractivity contribution in [3.8, 4) is 5.75 Å². The fourth-order valence-electron chi connectivity index (χ4n) is 3.22.